The van der Waals surface area contributed by atoms with Gasteiger partial charge in [0.15, 0.2) is 6.29 Å². The number of carbonyl (C=O) groups excluding carboxylic acids is 1. The van der Waals surface area contributed by atoms with E-state index in [1.54, 1.807) is 12.4 Å². The topological polar surface area (TPSA) is 60.8 Å². The molecule has 2 aliphatic rings. The maximum atomic E-state index is 13.5. The third-order valence-electron chi connectivity index (χ3n) is 6.17. The van der Waals surface area contributed by atoms with Crippen molar-refractivity contribution < 1.29 is 13.6 Å². The summed E-state index contributed by atoms with van der Waals surface area (Å²) in [7, 11) is 1.82. The number of alkyl halides is 2. The van der Waals surface area contributed by atoms with Gasteiger partial charge >= 0.3 is 0 Å². The average molecular weight is 500 g/mol. The first kappa shape index (κ1) is 28.9. The molecule has 2 aromatic rings. The molecular weight excluding hydrogens is 460 g/mol. The fourth-order valence-electron chi connectivity index (χ4n) is 4.49. The third-order valence-corrected chi connectivity index (χ3v) is 6.17. The number of aryl methyl sites for hydroxylation is 1. The Labute approximate surface area is 213 Å². The number of nitrogens with one attached hydrogen (secondary N) is 1. The Morgan fingerprint density at radius 3 is 2.61 bits per heavy atom. The maximum Gasteiger partial charge on any atom is 0.280 e. The van der Waals surface area contributed by atoms with Crippen LogP contribution in [0.25, 0.3) is 10.8 Å². The van der Waals surface area contributed by atoms with Gasteiger partial charge in [-0.1, -0.05) is 40.3 Å². The summed E-state index contributed by atoms with van der Waals surface area (Å²) in [6, 6.07) is 5.82. The molecule has 196 valence electrons. The van der Waals surface area contributed by atoms with E-state index in [1.807, 2.05) is 69.7 Å². The molecule has 2 aliphatic heterocycles. The zero-order valence-electron chi connectivity index (χ0n) is 22.3. The predicted octanol–water partition coefficient (Wildman–Crippen LogP) is 6.00. The van der Waals surface area contributed by atoms with Gasteiger partial charge in [0.05, 0.1) is 0 Å². The van der Waals surface area contributed by atoms with Crippen molar-refractivity contribution in [3.8, 4) is 0 Å². The van der Waals surface area contributed by atoms with Gasteiger partial charge in [-0.05, 0) is 55.1 Å². The standard InChI is InChI=1S/C24H27F2N5O.2C2H6/c1-4-28-24-29-20(22(25)26)12-21(30(24)3)17-6-5-9-31(14-17)23(32)19-11-18-13-27-8-7-16(18)10-15(19)2;2*1-2/h4,7-8,10-13,17,22,24,28H,1,5-6,9,14H2,2-3H3;2*1-2H3/t17-,24?;;/m0../s1. The fraction of sp³-hybridized carbons (Fsp3) is 0.464. The number of halogens is 2. The summed E-state index contributed by atoms with van der Waals surface area (Å²) in [5.74, 6) is -0.0981. The largest absolute Gasteiger partial charge is 0.354 e. The number of rotatable bonds is 5. The fourth-order valence-corrected chi connectivity index (χ4v) is 4.49. The normalized spacial score (nSPS) is 19.4. The van der Waals surface area contributed by atoms with Crippen molar-refractivity contribution in [3.63, 3.8) is 0 Å². The number of allylic oxidation sites excluding steroid dienone is 1. The van der Waals surface area contributed by atoms with Crippen LogP contribution in [0.4, 0.5) is 8.78 Å². The molecule has 8 heteroatoms. The zero-order chi connectivity index (χ0) is 26.8. The second-order valence-corrected chi connectivity index (χ2v) is 8.26. The molecule has 0 saturated carbocycles. The van der Waals surface area contributed by atoms with Crippen LogP contribution in [0.1, 0.15) is 56.5 Å². The minimum Gasteiger partial charge on any atom is -0.354 e. The Balaban J connectivity index is 0.00000109. The van der Waals surface area contributed by atoms with E-state index in [9.17, 15) is 13.6 Å². The second kappa shape index (κ2) is 13.7. The molecule has 0 radical (unpaired) electrons. The van der Waals surface area contributed by atoms with Crippen molar-refractivity contribution in [2.24, 2.45) is 10.9 Å². The number of likely N-dealkylation sites (tertiary alicyclic amines) is 1. The number of aliphatic imine (C=N–C) groups is 1. The van der Waals surface area contributed by atoms with Crippen molar-refractivity contribution in [1.29, 1.82) is 0 Å². The van der Waals surface area contributed by atoms with E-state index in [4.69, 9.17) is 0 Å². The first-order valence-electron chi connectivity index (χ1n) is 12.7. The van der Waals surface area contributed by atoms with Gasteiger partial charge in [0, 0.05) is 55.1 Å². The maximum absolute atomic E-state index is 13.5. The number of benzene rings is 1. The molecule has 1 fully saturated rings. The summed E-state index contributed by atoms with van der Waals surface area (Å²) in [5, 5.41) is 4.87. The van der Waals surface area contributed by atoms with Crippen LogP contribution < -0.4 is 5.32 Å². The van der Waals surface area contributed by atoms with E-state index in [-0.39, 0.29) is 17.5 Å². The predicted molar refractivity (Wildman–Crippen MR) is 144 cm³/mol. The molecule has 1 aromatic carbocycles. The van der Waals surface area contributed by atoms with E-state index in [0.717, 1.165) is 34.9 Å². The van der Waals surface area contributed by atoms with Crippen LogP contribution in [-0.4, -0.2) is 59.3 Å². The van der Waals surface area contributed by atoms with E-state index < -0.39 is 12.7 Å². The van der Waals surface area contributed by atoms with Crippen molar-refractivity contribution in [3.05, 3.63) is 66.3 Å². The monoisotopic (exact) mass is 499 g/mol. The molecule has 1 amide bonds. The number of hydrogen-bond acceptors (Lipinski definition) is 5. The van der Waals surface area contributed by atoms with Gasteiger partial charge in [0.2, 0.25) is 0 Å². The van der Waals surface area contributed by atoms with Crippen LogP contribution in [0.5, 0.6) is 0 Å². The Morgan fingerprint density at radius 2 is 1.94 bits per heavy atom. The summed E-state index contributed by atoms with van der Waals surface area (Å²) < 4.78 is 27.0. The van der Waals surface area contributed by atoms with Crippen molar-refractivity contribution in [1.82, 2.24) is 20.1 Å². The Kier molecular flexibility index (Phi) is 11.0. The van der Waals surface area contributed by atoms with Gasteiger partial charge in [-0.2, -0.15) is 0 Å². The molecule has 4 rings (SSSR count). The highest BCUT2D eigenvalue weighted by Gasteiger charge is 2.33. The Morgan fingerprint density at radius 1 is 1.22 bits per heavy atom. The molecule has 6 nitrogen and oxygen atoms in total. The van der Waals surface area contributed by atoms with Crippen LogP contribution in [0.15, 0.2) is 60.1 Å². The summed E-state index contributed by atoms with van der Waals surface area (Å²) >= 11 is 0. The van der Waals surface area contributed by atoms with E-state index in [2.05, 4.69) is 21.9 Å². The lowest BCUT2D eigenvalue weighted by atomic mass is 9.91. The highest BCUT2D eigenvalue weighted by molar-refractivity contribution is 6.00. The SMILES string of the molecule is C=CNC1N=C(C(F)F)C=C([C@H]2CCCN(C(=O)c3cc4cnccc4cc3C)C2)N1C.CC.CC. The summed E-state index contributed by atoms with van der Waals surface area (Å²) in [6.45, 7) is 14.7. The minimum absolute atomic E-state index is 0.0412. The van der Waals surface area contributed by atoms with E-state index in [0.29, 0.717) is 18.7 Å². The van der Waals surface area contributed by atoms with Crippen molar-refractivity contribution in [2.75, 3.05) is 20.1 Å². The summed E-state index contributed by atoms with van der Waals surface area (Å²) in [4.78, 5) is 25.3. The second-order valence-electron chi connectivity index (χ2n) is 8.26. The highest BCUT2D eigenvalue weighted by atomic mass is 19.3. The van der Waals surface area contributed by atoms with Gasteiger partial charge in [-0.3, -0.25) is 9.78 Å². The number of nitrogens with zero attached hydrogens (tertiary/aromatic N) is 4. The quantitative estimate of drug-likeness (QED) is 0.548. The molecule has 1 aromatic heterocycles. The number of pyridine rings is 1. The van der Waals surface area contributed by atoms with Crippen LogP contribution in [-0.2, 0) is 0 Å². The number of hydrogen-bond donors (Lipinski definition) is 1. The van der Waals surface area contributed by atoms with Gasteiger partial charge in [-0.15, -0.1) is 0 Å². The molecule has 2 atom stereocenters. The highest BCUT2D eigenvalue weighted by Crippen LogP contribution is 2.31. The average Bonchev–Trinajstić information content (AvgIpc) is 2.91. The number of amides is 1. The zero-order valence-corrected chi connectivity index (χ0v) is 22.3. The first-order chi connectivity index (χ1) is 17.4. The lowest BCUT2D eigenvalue weighted by molar-refractivity contribution is 0.0670. The van der Waals surface area contributed by atoms with E-state index in [1.165, 1.54) is 12.3 Å². The molecule has 1 unspecified atom stereocenters. The molecular formula is C28H39F2N5O. The van der Waals surface area contributed by atoms with Gasteiger partial charge in [0.1, 0.15) is 5.71 Å². The number of aromatic nitrogens is 1. The number of piperidine rings is 1. The molecule has 36 heavy (non-hydrogen) atoms. The molecule has 0 bridgehead atoms. The van der Waals surface area contributed by atoms with Gasteiger partial charge in [-0.25, -0.2) is 13.8 Å². The Bertz CT molecular complexity index is 1100. The lowest BCUT2D eigenvalue weighted by Gasteiger charge is -2.41. The van der Waals surface area contributed by atoms with Crippen molar-refractivity contribution in [2.45, 2.75) is 60.2 Å². The summed E-state index contributed by atoms with van der Waals surface area (Å²) in [5.41, 5.74) is 2.07. The van der Waals surface area contributed by atoms with Gasteiger partial charge in [0.25, 0.3) is 12.3 Å². The smallest absolute Gasteiger partial charge is 0.280 e. The summed E-state index contributed by atoms with van der Waals surface area (Å²) in [6.07, 6.45) is 4.72. The Hall–Kier alpha value is -3.29. The molecule has 3 heterocycles. The van der Waals surface area contributed by atoms with Crippen LogP contribution in [0.2, 0.25) is 0 Å². The first-order valence-corrected chi connectivity index (χ1v) is 12.7. The van der Waals surface area contributed by atoms with Crippen LogP contribution in [0.3, 0.4) is 0 Å². The van der Waals surface area contributed by atoms with E-state index >= 15 is 0 Å². The van der Waals surface area contributed by atoms with Crippen LogP contribution >= 0.6 is 0 Å². The molecule has 1 saturated heterocycles. The molecule has 0 aliphatic carbocycles. The number of carbonyl (C=O) groups is 1. The van der Waals surface area contributed by atoms with Crippen molar-refractivity contribution >= 4 is 22.4 Å². The minimum atomic E-state index is -2.66. The third kappa shape index (κ3) is 6.47. The molecule has 1 N–H and O–H groups in total. The van der Waals surface area contributed by atoms with Crippen LogP contribution in [0, 0.1) is 12.8 Å². The molecule has 0 spiro atoms. The lowest BCUT2D eigenvalue weighted by Crippen LogP contribution is -2.48. The number of fused-ring (bicyclic) bond motifs is 1. The van der Waals surface area contributed by atoms with Gasteiger partial charge < -0.3 is 15.1 Å².